The number of benzene rings is 3. The lowest BCUT2D eigenvalue weighted by atomic mass is 9.82. The summed E-state index contributed by atoms with van der Waals surface area (Å²) in [5.74, 6) is 0.733. The molecule has 1 fully saturated rings. The number of ether oxygens (including phenoxy) is 1. The van der Waals surface area contributed by atoms with Crippen LogP contribution in [0.4, 0.5) is 21.9 Å². The molecule has 6 rings (SSSR count). The number of rotatable bonds is 9. The first-order valence-corrected chi connectivity index (χ1v) is 16.4. The zero-order valence-corrected chi connectivity index (χ0v) is 27.2. The molecular formula is C38H42N6O3. The second-order valence-corrected chi connectivity index (χ2v) is 12.6. The van der Waals surface area contributed by atoms with Gasteiger partial charge in [-0.3, -0.25) is 14.7 Å². The van der Waals surface area contributed by atoms with Gasteiger partial charge in [0.1, 0.15) is 5.75 Å². The summed E-state index contributed by atoms with van der Waals surface area (Å²) in [6.07, 6.45) is 9.13. The molecule has 3 amide bonds. The number of nitrogens with one attached hydrogen (secondary N) is 1. The molecule has 0 bridgehead atoms. The van der Waals surface area contributed by atoms with Crippen LogP contribution in [0, 0.1) is 11.8 Å². The van der Waals surface area contributed by atoms with Crippen LogP contribution in [0.25, 0.3) is 11.1 Å². The number of pyridine rings is 1. The van der Waals surface area contributed by atoms with E-state index in [-0.39, 0.29) is 23.8 Å². The summed E-state index contributed by atoms with van der Waals surface area (Å²) in [6.45, 7) is 4.12. The number of hydrazone groups is 1. The average molecular weight is 631 g/mol. The van der Waals surface area contributed by atoms with E-state index in [1.807, 2.05) is 80.7 Å². The minimum atomic E-state index is -0.621. The second-order valence-electron chi connectivity index (χ2n) is 12.6. The molecule has 9 nitrogen and oxygen atoms in total. The SMILES string of the molecule is COc1ccc(CN2N=C(C3CCCCC3)c3cc(-c4cccnc4)ccc3N(c3ccc(NC(=O)[C@@H](N)C(C)C)cc3)C2=O)cc1. The number of anilines is 3. The summed E-state index contributed by atoms with van der Waals surface area (Å²) < 4.78 is 5.37. The normalized spacial score (nSPS) is 15.9. The third kappa shape index (κ3) is 7.05. The molecule has 0 radical (unpaired) electrons. The molecule has 3 aromatic carbocycles. The number of nitrogens with zero attached hydrogens (tertiary/aromatic N) is 4. The lowest BCUT2D eigenvalue weighted by molar-refractivity contribution is -0.118. The van der Waals surface area contributed by atoms with Crippen molar-refractivity contribution in [3.63, 3.8) is 0 Å². The number of carbonyl (C=O) groups excluding carboxylic acids is 2. The first-order chi connectivity index (χ1) is 22.8. The van der Waals surface area contributed by atoms with Gasteiger partial charge in [-0.05, 0) is 84.5 Å². The Kier molecular flexibility index (Phi) is 9.63. The molecular weight excluding hydrogens is 588 g/mol. The Labute approximate surface area is 276 Å². The molecule has 242 valence electrons. The van der Waals surface area contributed by atoms with E-state index in [9.17, 15) is 9.59 Å². The third-order valence-corrected chi connectivity index (χ3v) is 9.05. The molecule has 9 heteroatoms. The molecule has 2 aliphatic rings. The van der Waals surface area contributed by atoms with Crippen molar-refractivity contribution in [2.24, 2.45) is 22.7 Å². The predicted octanol–water partition coefficient (Wildman–Crippen LogP) is 7.74. The minimum Gasteiger partial charge on any atom is -0.497 e. The highest BCUT2D eigenvalue weighted by atomic mass is 16.5. The van der Waals surface area contributed by atoms with Crippen molar-refractivity contribution in [1.29, 1.82) is 0 Å². The van der Waals surface area contributed by atoms with E-state index in [2.05, 4.69) is 16.4 Å². The highest BCUT2D eigenvalue weighted by Crippen LogP contribution is 2.40. The van der Waals surface area contributed by atoms with E-state index in [1.54, 1.807) is 35.3 Å². The highest BCUT2D eigenvalue weighted by molar-refractivity contribution is 6.14. The Morgan fingerprint density at radius 3 is 2.38 bits per heavy atom. The van der Waals surface area contributed by atoms with E-state index in [0.717, 1.165) is 65.1 Å². The Hall–Kier alpha value is -5.02. The Morgan fingerprint density at radius 1 is 0.979 bits per heavy atom. The summed E-state index contributed by atoms with van der Waals surface area (Å²) in [5, 5.41) is 9.70. The van der Waals surface area contributed by atoms with Crippen LogP contribution in [0.2, 0.25) is 0 Å². The predicted molar refractivity (Wildman–Crippen MR) is 187 cm³/mol. The topological polar surface area (TPSA) is 113 Å². The maximum atomic E-state index is 14.7. The molecule has 4 aromatic rings. The summed E-state index contributed by atoms with van der Waals surface area (Å²) in [5.41, 5.74) is 12.9. The maximum Gasteiger partial charge on any atom is 0.349 e. The van der Waals surface area contributed by atoms with Crippen LogP contribution in [0.1, 0.15) is 57.1 Å². The lowest BCUT2D eigenvalue weighted by Gasteiger charge is -2.27. The van der Waals surface area contributed by atoms with Crippen LogP contribution >= 0.6 is 0 Å². The van der Waals surface area contributed by atoms with E-state index < -0.39 is 6.04 Å². The largest absolute Gasteiger partial charge is 0.497 e. The van der Waals surface area contributed by atoms with Crippen LogP contribution < -0.4 is 20.7 Å². The lowest BCUT2D eigenvalue weighted by Crippen LogP contribution is -2.39. The number of hydrogen-bond donors (Lipinski definition) is 2. The number of methoxy groups -OCH3 is 1. The Bertz CT molecular complexity index is 1730. The van der Waals surface area contributed by atoms with Crippen molar-refractivity contribution in [2.45, 2.75) is 58.5 Å². The summed E-state index contributed by atoms with van der Waals surface area (Å²) in [6, 6.07) is 24.3. The molecule has 3 N–H and O–H groups in total. The maximum absolute atomic E-state index is 14.7. The zero-order valence-electron chi connectivity index (χ0n) is 27.2. The number of aromatic nitrogens is 1. The number of hydrogen-bond acceptors (Lipinski definition) is 6. The number of carbonyl (C=O) groups is 2. The van der Waals surface area contributed by atoms with E-state index in [4.69, 9.17) is 15.6 Å². The van der Waals surface area contributed by atoms with Gasteiger partial charge in [0.25, 0.3) is 0 Å². The second kappa shape index (κ2) is 14.2. The zero-order chi connectivity index (χ0) is 32.9. The fourth-order valence-electron chi connectivity index (χ4n) is 6.25. The van der Waals surface area contributed by atoms with Crippen LogP contribution in [-0.2, 0) is 11.3 Å². The average Bonchev–Trinajstić information content (AvgIpc) is 3.22. The van der Waals surface area contributed by atoms with Crippen molar-refractivity contribution >= 4 is 34.7 Å². The third-order valence-electron chi connectivity index (χ3n) is 9.05. The molecule has 1 aliphatic heterocycles. The van der Waals surface area contributed by atoms with Crippen molar-refractivity contribution in [3.05, 3.63) is 102 Å². The van der Waals surface area contributed by atoms with E-state index in [0.29, 0.717) is 17.9 Å². The number of urea groups is 1. The fraction of sp³-hybridized carbons (Fsp3) is 0.316. The monoisotopic (exact) mass is 630 g/mol. The van der Waals surface area contributed by atoms with E-state index in [1.165, 1.54) is 6.42 Å². The van der Waals surface area contributed by atoms with Crippen molar-refractivity contribution in [3.8, 4) is 16.9 Å². The van der Waals surface area contributed by atoms with Gasteiger partial charge in [-0.1, -0.05) is 57.4 Å². The van der Waals surface area contributed by atoms with Gasteiger partial charge in [-0.15, -0.1) is 0 Å². The highest BCUT2D eigenvalue weighted by Gasteiger charge is 2.34. The first-order valence-electron chi connectivity index (χ1n) is 16.4. The van der Waals surface area contributed by atoms with Crippen molar-refractivity contribution in [2.75, 3.05) is 17.3 Å². The molecule has 0 spiro atoms. The molecule has 1 atom stereocenters. The van der Waals surface area contributed by atoms with Gasteiger partial charge in [-0.25, -0.2) is 9.80 Å². The van der Waals surface area contributed by atoms with Gasteiger partial charge in [0.2, 0.25) is 5.91 Å². The number of amides is 3. The van der Waals surface area contributed by atoms with Gasteiger partial charge in [0, 0.05) is 35.1 Å². The molecule has 0 unspecified atom stereocenters. The molecule has 2 heterocycles. The van der Waals surface area contributed by atoms with E-state index >= 15 is 0 Å². The van der Waals surface area contributed by atoms with Gasteiger partial charge in [0.05, 0.1) is 36.8 Å². The van der Waals surface area contributed by atoms with Crippen molar-refractivity contribution in [1.82, 2.24) is 9.99 Å². The fourth-order valence-corrected chi connectivity index (χ4v) is 6.25. The van der Waals surface area contributed by atoms with Crippen LogP contribution in [0.5, 0.6) is 5.75 Å². The minimum absolute atomic E-state index is 0.00657. The van der Waals surface area contributed by atoms with Gasteiger partial charge >= 0.3 is 6.03 Å². The molecule has 0 saturated heterocycles. The smallest absolute Gasteiger partial charge is 0.349 e. The number of nitrogens with two attached hydrogens (primary N) is 1. The summed E-state index contributed by atoms with van der Waals surface area (Å²) in [7, 11) is 1.64. The molecule has 1 aliphatic carbocycles. The van der Waals surface area contributed by atoms with Crippen molar-refractivity contribution < 1.29 is 14.3 Å². The van der Waals surface area contributed by atoms with Crippen LogP contribution in [0.3, 0.4) is 0 Å². The van der Waals surface area contributed by atoms with Gasteiger partial charge in [0.15, 0.2) is 0 Å². The molecule has 47 heavy (non-hydrogen) atoms. The first kappa shape index (κ1) is 31.9. The van der Waals surface area contributed by atoms with Crippen LogP contribution in [0.15, 0.2) is 96.4 Å². The van der Waals surface area contributed by atoms with Gasteiger partial charge in [-0.2, -0.15) is 5.10 Å². The quantitative estimate of drug-likeness (QED) is 0.196. The number of fused-ring (bicyclic) bond motifs is 1. The Morgan fingerprint density at radius 2 is 1.72 bits per heavy atom. The van der Waals surface area contributed by atoms with Crippen LogP contribution in [-0.4, -0.2) is 40.8 Å². The molecule has 1 aromatic heterocycles. The standard InChI is InChI=1S/C38H42N6O3/c1-25(2)35(39)37(45)41-30-14-16-31(17-15-30)44-34-20-13-28(29-10-7-21-40-23-29)22-33(34)36(27-8-5-4-6-9-27)42-43(38(44)46)24-26-11-18-32(47-3)19-12-26/h7,10-23,25,27,35H,4-6,8-9,24,39H2,1-3H3,(H,41,45)/t35-/m0/s1. The summed E-state index contributed by atoms with van der Waals surface area (Å²) in [4.78, 5) is 33.4. The van der Waals surface area contributed by atoms with Gasteiger partial charge < -0.3 is 15.8 Å². The Balaban J connectivity index is 1.45. The summed E-state index contributed by atoms with van der Waals surface area (Å²) >= 11 is 0. The molecule has 1 saturated carbocycles.